The number of hydrogen-bond acceptors (Lipinski definition) is 12. The molecule has 252 valence electrons. The monoisotopic (exact) mass is 647 g/mol. The molecular weight excluding hydrogens is 602 g/mol. The van der Waals surface area contributed by atoms with Crippen molar-refractivity contribution in [2.45, 2.75) is 96.6 Å². The predicted octanol–water partition coefficient (Wildman–Crippen LogP) is 4.71. The van der Waals surface area contributed by atoms with Crippen LogP contribution in [0.4, 0.5) is 22.1 Å². The van der Waals surface area contributed by atoms with Crippen molar-refractivity contribution < 1.29 is 24.2 Å². The molecule has 0 aliphatic carbocycles. The molecule has 0 radical (unpaired) electrons. The molecule has 1 amide bonds. The number of hydrogen-bond donors (Lipinski definition) is 2. The summed E-state index contributed by atoms with van der Waals surface area (Å²) in [5.74, 6) is 1.54. The molecule has 3 saturated heterocycles. The van der Waals surface area contributed by atoms with Gasteiger partial charge >= 0.3 is 6.09 Å². The third-order valence-corrected chi connectivity index (χ3v) is 9.82. The van der Waals surface area contributed by atoms with E-state index in [9.17, 15) is 4.79 Å². The van der Waals surface area contributed by atoms with E-state index < -0.39 is 11.7 Å². The zero-order valence-electron chi connectivity index (χ0n) is 27.7. The number of rotatable bonds is 5. The van der Waals surface area contributed by atoms with E-state index in [2.05, 4.69) is 20.3 Å². The maximum Gasteiger partial charge on any atom is 0.407 e. The summed E-state index contributed by atoms with van der Waals surface area (Å²) >= 11 is 0. The summed E-state index contributed by atoms with van der Waals surface area (Å²) in [5, 5.41) is 20.4. The van der Waals surface area contributed by atoms with Gasteiger partial charge < -0.3 is 34.5 Å². The van der Waals surface area contributed by atoms with Gasteiger partial charge in [0.1, 0.15) is 11.4 Å². The van der Waals surface area contributed by atoms with Crippen molar-refractivity contribution in [1.82, 2.24) is 30.0 Å². The lowest BCUT2D eigenvalue weighted by molar-refractivity contribution is -0.0368. The zero-order chi connectivity index (χ0) is 32.8. The fraction of sp³-hybridized carbons (Fsp3) is 0.636. The van der Waals surface area contributed by atoms with Crippen LogP contribution in [0.2, 0.25) is 0 Å². The molecule has 3 aromatic heterocycles. The van der Waals surface area contributed by atoms with Crippen LogP contribution in [-0.4, -0.2) is 92.8 Å². The van der Waals surface area contributed by atoms with Gasteiger partial charge in [-0.15, -0.1) is 5.10 Å². The minimum Gasteiger partial charge on any atom is -0.444 e. The molecule has 1 unspecified atom stereocenters. The second kappa shape index (κ2) is 12.5. The maximum atomic E-state index is 12.7. The molecule has 0 aromatic carbocycles. The first-order chi connectivity index (χ1) is 22.6. The normalized spacial score (nSPS) is 24.6. The molecule has 14 nitrogen and oxygen atoms in total. The molecule has 3 fully saturated rings. The minimum atomic E-state index is -0.566. The number of ether oxygens (including phenoxy) is 3. The van der Waals surface area contributed by atoms with E-state index >= 15 is 0 Å². The molecule has 7 rings (SSSR count). The second-order valence-corrected chi connectivity index (χ2v) is 14.2. The van der Waals surface area contributed by atoms with Crippen molar-refractivity contribution in [1.29, 1.82) is 0 Å². The van der Waals surface area contributed by atoms with Gasteiger partial charge in [-0.05, 0) is 84.8 Å². The van der Waals surface area contributed by atoms with E-state index in [1.54, 1.807) is 0 Å². The van der Waals surface area contributed by atoms with Crippen LogP contribution in [0, 0.1) is 5.41 Å². The molecule has 2 N–H and O–H groups in total. The fourth-order valence-electron chi connectivity index (χ4n) is 7.48. The summed E-state index contributed by atoms with van der Waals surface area (Å²) < 4.78 is 19.8. The fourth-order valence-corrected chi connectivity index (χ4v) is 7.48. The lowest BCUT2D eigenvalue weighted by Gasteiger charge is -2.42. The Kier molecular flexibility index (Phi) is 8.41. The number of nitrogens with one attached hydrogen (secondary N) is 1. The number of fused-ring (bicyclic) bond motifs is 2. The smallest absolute Gasteiger partial charge is 0.407 e. The number of pyridine rings is 1. The summed E-state index contributed by atoms with van der Waals surface area (Å²) in [6.07, 6.45) is 8.85. The zero-order valence-corrected chi connectivity index (χ0v) is 27.7. The number of amides is 1. The number of aromatic nitrogens is 5. The molecule has 47 heavy (non-hydrogen) atoms. The summed E-state index contributed by atoms with van der Waals surface area (Å²) in [4.78, 5) is 32.1. The van der Waals surface area contributed by atoms with Crippen molar-refractivity contribution in [3.63, 3.8) is 0 Å². The third-order valence-electron chi connectivity index (χ3n) is 9.82. The van der Waals surface area contributed by atoms with Crippen LogP contribution in [0.1, 0.15) is 83.8 Å². The average molecular weight is 648 g/mol. The van der Waals surface area contributed by atoms with Crippen molar-refractivity contribution in [3.8, 4) is 0 Å². The van der Waals surface area contributed by atoms with Gasteiger partial charge in [0.25, 0.3) is 0 Å². The Morgan fingerprint density at radius 3 is 2.72 bits per heavy atom. The summed E-state index contributed by atoms with van der Waals surface area (Å²) in [6.45, 7) is 11.2. The number of alkyl carbamates (subject to hydrolysis) is 1. The molecule has 3 atom stereocenters. The highest BCUT2D eigenvalue weighted by Crippen LogP contribution is 2.44. The maximum absolute atomic E-state index is 12.7. The largest absolute Gasteiger partial charge is 0.444 e. The van der Waals surface area contributed by atoms with Gasteiger partial charge in [0.15, 0.2) is 23.2 Å². The molecule has 0 saturated carbocycles. The first kappa shape index (κ1) is 31.6. The van der Waals surface area contributed by atoms with Gasteiger partial charge in [0.05, 0.1) is 48.2 Å². The van der Waals surface area contributed by atoms with Crippen LogP contribution in [0.5, 0.6) is 0 Å². The molecule has 1 spiro atoms. The Morgan fingerprint density at radius 1 is 1.15 bits per heavy atom. The number of carbonyl (C=O) groups is 1. The number of piperidine rings is 1. The lowest BCUT2D eigenvalue weighted by Crippen LogP contribution is -2.55. The average Bonchev–Trinajstić information content (AvgIpc) is 3.58. The van der Waals surface area contributed by atoms with Crippen LogP contribution >= 0.6 is 0 Å². The SMILES string of the molecule is C[C@@H]1OCC2(CCN(c3cnc4c(N5CCCc6nc(/C=N\O)ccc65)nn(C5CCCCO5)c4n3)CC2)[C@@H]1NC(=O)OC(C)(C)C. The van der Waals surface area contributed by atoms with Crippen LogP contribution in [-0.2, 0) is 20.6 Å². The van der Waals surface area contributed by atoms with Gasteiger partial charge in [0, 0.05) is 31.7 Å². The lowest BCUT2D eigenvalue weighted by atomic mass is 9.73. The third kappa shape index (κ3) is 6.20. The Labute approximate surface area is 274 Å². The van der Waals surface area contributed by atoms with Crippen molar-refractivity contribution in [2.75, 3.05) is 42.6 Å². The van der Waals surface area contributed by atoms with Crippen LogP contribution < -0.4 is 15.1 Å². The van der Waals surface area contributed by atoms with Crippen LogP contribution in [0.25, 0.3) is 11.2 Å². The van der Waals surface area contributed by atoms with Gasteiger partial charge in [-0.25, -0.2) is 24.4 Å². The molecule has 14 heteroatoms. The summed E-state index contributed by atoms with van der Waals surface area (Å²) in [6, 6.07) is 3.72. The Bertz CT molecular complexity index is 1640. The van der Waals surface area contributed by atoms with Crippen molar-refractivity contribution in [2.24, 2.45) is 10.6 Å². The predicted molar refractivity (Wildman–Crippen MR) is 176 cm³/mol. The molecule has 4 aliphatic heterocycles. The Hall–Kier alpha value is -4.04. The molecule has 0 bridgehead atoms. The highest BCUT2D eigenvalue weighted by atomic mass is 16.6. The number of anilines is 3. The van der Waals surface area contributed by atoms with Gasteiger partial charge in [-0.3, -0.25) is 0 Å². The van der Waals surface area contributed by atoms with Crippen molar-refractivity contribution in [3.05, 3.63) is 29.7 Å². The second-order valence-electron chi connectivity index (χ2n) is 14.2. The standard InChI is InChI=1S/C33H45N9O5/c1-21-28(38-31(43)47-32(2,3)4)33(20-46-21)12-15-40(16-13-33)25-19-34-27-29(37-25)42(26-9-5-6-17-45-26)39-30(27)41-14-7-8-23-24(41)11-10-22(36-23)18-35-44/h10-11,18-19,21,26,28,44H,5-9,12-17,20H2,1-4H3,(H,38,43)/b35-18-/t21-,26?,28+/m0/s1. The van der Waals surface area contributed by atoms with E-state index in [4.69, 9.17) is 39.5 Å². The number of nitrogens with zero attached hydrogens (tertiary/aromatic N) is 8. The number of carbonyl (C=O) groups excluding carboxylic acids is 1. The van der Waals surface area contributed by atoms with Gasteiger partial charge in [-0.2, -0.15) is 0 Å². The van der Waals surface area contributed by atoms with E-state index in [0.29, 0.717) is 24.6 Å². The Morgan fingerprint density at radius 2 is 1.98 bits per heavy atom. The topological polar surface area (TPSA) is 152 Å². The molecular formula is C33H45N9O5. The minimum absolute atomic E-state index is 0.0991. The van der Waals surface area contributed by atoms with E-state index in [-0.39, 0.29) is 23.8 Å². The van der Waals surface area contributed by atoms with E-state index in [0.717, 1.165) is 93.1 Å². The van der Waals surface area contributed by atoms with Crippen LogP contribution in [0.3, 0.4) is 0 Å². The molecule has 3 aromatic rings. The van der Waals surface area contributed by atoms with Gasteiger partial charge in [-0.1, -0.05) is 5.16 Å². The first-order valence-electron chi connectivity index (χ1n) is 16.8. The summed E-state index contributed by atoms with van der Waals surface area (Å²) in [5.41, 5.74) is 3.20. The first-order valence-corrected chi connectivity index (χ1v) is 16.8. The number of aryl methyl sites for hydroxylation is 1. The van der Waals surface area contributed by atoms with Crippen molar-refractivity contribution >= 4 is 40.8 Å². The van der Waals surface area contributed by atoms with Gasteiger partial charge in [0.2, 0.25) is 0 Å². The number of oxime groups is 1. The highest BCUT2D eigenvalue weighted by molar-refractivity contribution is 5.88. The molecule has 4 aliphatic rings. The quantitative estimate of drug-likeness (QED) is 0.225. The van der Waals surface area contributed by atoms with Crippen LogP contribution in [0.15, 0.2) is 23.5 Å². The van der Waals surface area contributed by atoms with E-state index in [1.165, 1.54) is 6.21 Å². The Balaban J connectivity index is 1.16. The molecule has 7 heterocycles. The highest BCUT2D eigenvalue weighted by Gasteiger charge is 2.50. The summed E-state index contributed by atoms with van der Waals surface area (Å²) in [7, 11) is 0. The van der Waals surface area contributed by atoms with E-state index in [1.807, 2.05) is 50.7 Å².